The van der Waals surface area contributed by atoms with Crippen LogP contribution in [0.2, 0.25) is 0 Å². The minimum absolute atomic E-state index is 0.0238. The minimum Gasteiger partial charge on any atom is -0.463 e. The van der Waals surface area contributed by atoms with Gasteiger partial charge in [-0.1, -0.05) is 12.8 Å². The van der Waals surface area contributed by atoms with Crippen molar-refractivity contribution in [2.24, 2.45) is 5.92 Å². The van der Waals surface area contributed by atoms with Crippen molar-refractivity contribution in [2.75, 3.05) is 18.9 Å². The monoisotopic (exact) mass is 333 g/mol. The summed E-state index contributed by atoms with van der Waals surface area (Å²) in [6.45, 7) is 0.654. The van der Waals surface area contributed by atoms with Gasteiger partial charge in [-0.15, -0.1) is 0 Å². The predicted molar refractivity (Wildman–Crippen MR) is 87.4 cm³/mol. The molecule has 24 heavy (non-hydrogen) atoms. The molecule has 8 heteroatoms. The number of ether oxygens (including phenoxy) is 2. The summed E-state index contributed by atoms with van der Waals surface area (Å²) in [6, 6.07) is 0.297. The third-order valence-electron chi connectivity index (χ3n) is 4.95. The molecule has 4 rings (SSSR count). The summed E-state index contributed by atoms with van der Waals surface area (Å²) in [4.78, 5) is 13.0. The van der Waals surface area contributed by atoms with Crippen LogP contribution in [0, 0.1) is 5.92 Å². The van der Waals surface area contributed by atoms with Gasteiger partial charge in [0, 0.05) is 0 Å². The van der Waals surface area contributed by atoms with Crippen LogP contribution in [0.15, 0.2) is 6.33 Å². The van der Waals surface area contributed by atoms with Crippen molar-refractivity contribution in [3.8, 4) is 6.01 Å². The molecule has 0 bridgehead atoms. The van der Waals surface area contributed by atoms with Gasteiger partial charge in [0.15, 0.2) is 17.0 Å². The SMILES string of the molecule is Nc1nc(OCC2CCCC2)nc2c1ncn2C1CCC(CO)O1. The number of rotatable bonds is 5. The lowest BCUT2D eigenvalue weighted by atomic mass is 10.1. The Morgan fingerprint density at radius 1 is 1.25 bits per heavy atom. The number of hydrogen-bond donors (Lipinski definition) is 2. The smallest absolute Gasteiger partial charge is 0.320 e. The molecule has 0 aromatic carbocycles. The summed E-state index contributed by atoms with van der Waals surface area (Å²) in [6.07, 6.45) is 7.91. The molecule has 1 aliphatic heterocycles. The van der Waals surface area contributed by atoms with Crippen LogP contribution in [0.4, 0.5) is 5.82 Å². The van der Waals surface area contributed by atoms with E-state index in [1.165, 1.54) is 25.7 Å². The summed E-state index contributed by atoms with van der Waals surface area (Å²) in [5.74, 6) is 0.899. The van der Waals surface area contributed by atoms with Gasteiger partial charge in [-0.05, 0) is 31.6 Å². The molecular weight excluding hydrogens is 310 g/mol. The Morgan fingerprint density at radius 3 is 2.83 bits per heavy atom. The highest BCUT2D eigenvalue weighted by Crippen LogP contribution is 2.32. The Kier molecular flexibility index (Phi) is 4.24. The summed E-state index contributed by atoms with van der Waals surface area (Å²) in [7, 11) is 0. The Labute approximate surface area is 140 Å². The topological polar surface area (TPSA) is 108 Å². The highest BCUT2D eigenvalue weighted by molar-refractivity contribution is 5.81. The van der Waals surface area contributed by atoms with Crippen LogP contribution >= 0.6 is 0 Å². The first-order chi connectivity index (χ1) is 11.7. The molecule has 1 saturated heterocycles. The fourth-order valence-electron chi connectivity index (χ4n) is 3.59. The predicted octanol–water partition coefficient (Wildman–Crippen LogP) is 1.65. The number of aromatic nitrogens is 4. The summed E-state index contributed by atoms with van der Waals surface area (Å²) >= 11 is 0. The number of fused-ring (bicyclic) bond motifs is 1. The molecule has 2 atom stereocenters. The molecule has 0 amide bonds. The van der Waals surface area contributed by atoms with E-state index >= 15 is 0 Å². The molecular formula is C16H23N5O3. The number of anilines is 1. The summed E-state index contributed by atoms with van der Waals surface area (Å²) in [5.41, 5.74) is 7.19. The van der Waals surface area contributed by atoms with Gasteiger partial charge in [0.2, 0.25) is 0 Å². The number of imidazole rings is 1. The van der Waals surface area contributed by atoms with E-state index in [0.29, 0.717) is 35.5 Å². The number of nitrogen functional groups attached to an aromatic ring is 1. The third-order valence-corrected chi connectivity index (χ3v) is 4.95. The second kappa shape index (κ2) is 6.52. The van der Waals surface area contributed by atoms with E-state index in [-0.39, 0.29) is 18.9 Å². The van der Waals surface area contributed by atoms with Crippen LogP contribution in [0.1, 0.15) is 44.8 Å². The molecule has 1 aliphatic carbocycles. The zero-order valence-corrected chi connectivity index (χ0v) is 13.6. The van der Waals surface area contributed by atoms with E-state index < -0.39 is 0 Å². The summed E-state index contributed by atoms with van der Waals surface area (Å²) in [5, 5.41) is 9.24. The molecule has 3 N–H and O–H groups in total. The molecule has 130 valence electrons. The number of aliphatic hydroxyl groups excluding tert-OH is 1. The van der Waals surface area contributed by atoms with E-state index in [2.05, 4.69) is 15.0 Å². The zero-order valence-electron chi connectivity index (χ0n) is 13.6. The van der Waals surface area contributed by atoms with Gasteiger partial charge in [0.1, 0.15) is 6.23 Å². The van der Waals surface area contributed by atoms with E-state index in [9.17, 15) is 5.11 Å². The summed E-state index contributed by atoms with van der Waals surface area (Å²) < 4.78 is 13.5. The van der Waals surface area contributed by atoms with Crippen molar-refractivity contribution in [3.05, 3.63) is 6.33 Å². The Hall–Kier alpha value is -1.93. The van der Waals surface area contributed by atoms with Crippen LogP contribution in [-0.2, 0) is 4.74 Å². The quantitative estimate of drug-likeness (QED) is 0.856. The Balaban J connectivity index is 1.57. The normalized spacial score (nSPS) is 24.9. The van der Waals surface area contributed by atoms with Gasteiger partial charge < -0.3 is 20.3 Å². The molecule has 0 spiro atoms. The van der Waals surface area contributed by atoms with Crippen LogP contribution in [0.25, 0.3) is 11.2 Å². The van der Waals surface area contributed by atoms with Crippen molar-refractivity contribution in [1.82, 2.24) is 19.5 Å². The van der Waals surface area contributed by atoms with Crippen molar-refractivity contribution in [2.45, 2.75) is 50.9 Å². The third kappa shape index (κ3) is 2.91. The van der Waals surface area contributed by atoms with Gasteiger partial charge in [-0.25, -0.2) is 4.98 Å². The van der Waals surface area contributed by atoms with Gasteiger partial charge >= 0.3 is 6.01 Å². The maximum absolute atomic E-state index is 9.24. The molecule has 2 aliphatic rings. The van der Waals surface area contributed by atoms with E-state index in [0.717, 1.165) is 12.8 Å². The van der Waals surface area contributed by atoms with Crippen LogP contribution in [0.3, 0.4) is 0 Å². The van der Waals surface area contributed by atoms with Gasteiger partial charge in [-0.3, -0.25) is 4.57 Å². The first-order valence-electron chi connectivity index (χ1n) is 8.63. The molecule has 2 aromatic heterocycles. The van der Waals surface area contributed by atoms with Gasteiger partial charge in [0.25, 0.3) is 0 Å². The first kappa shape index (κ1) is 15.6. The number of nitrogens with two attached hydrogens (primary N) is 1. The molecule has 2 unspecified atom stereocenters. The maximum Gasteiger partial charge on any atom is 0.320 e. The van der Waals surface area contributed by atoms with Crippen LogP contribution < -0.4 is 10.5 Å². The molecule has 3 heterocycles. The highest BCUT2D eigenvalue weighted by atomic mass is 16.5. The van der Waals surface area contributed by atoms with Gasteiger partial charge in [-0.2, -0.15) is 9.97 Å². The van der Waals surface area contributed by atoms with Crippen molar-refractivity contribution in [1.29, 1.82) is 0 Å². The molecule has 1 saturated carbocycles. The fourth-order valence-corrected chi connectivity index (χ4v) is 3.59. The molecule has 2 fully saturated rings. The van der Waals surface area contributed by atoms with Crippen LogP contribution in [-0.4, -0.2) is 43.9 Å². The highest BCUT2D eigenvalue weighted by Gasteiger charge is 2.28. The number of aliphatic hydroxyl groups is 1. The lowest BCUT2D eigenvalue weighted by Crippen LogP contribution is -2.15. The second-order valence-corrected chi connectivity index (χ2v) is 6.65. The molecule has 8 nitrogen and oxygen atoms in total. The molecule has 2 aromatic rings. The maximum atomic E-state index is 9.24. The van der Waals surface area contributed by atoms with Crippen LogP contribution in [0.5, 0.6) is 6.01 Å². The Morgan fingerprint density at radius 2 is 2.08 bits per heavy atom. The number of nitrogens with zero attached hydrogens (tertiary/aromatic N) is 4. The van der Waals surface area contributed by atoms with E-state index in [4.69, 9.17) is 15.2 Å². The Bertz CT molecular complexity index is 713. The first-order valence-corrected chi connectivity index (χ1v) is 8.63. The standard InChI is InChI=1S/C16H23N5O3/c17-14-13-15(20-16(19-14)23-8-10-3-1-2-4-10)21(9-18-13)12-6-5-11(7-22)24-12/h9-12,22H,1-8H2,(H2,17,19,20). The van der Waals surface area contributed by atoms with Crippen molar-refractivity contribution >= 4 is 17.0 Å². The van der Waals surface area contributed by atoms with E-state index in [1.807, 2.05) is 4.57 Å². The average Bonchev–Trinajstić information content (AvgIpc) is 3.32. The average molecular weight is 333 g/mol. The largest absolute Gasteiger partial charge is 0.463 e. The fraction of sp³-hybridized carbons (Fsp3) is 0.688. The second-order valence-electron chi connectivity index (χ2n) is 6.65. The lowest BCUT2D eigenvalue weighted by molar-refractivity contribution is -0.0207. The van der Waals surface area contributed by atoms with Gasteiger partial charge in [0.05, 0.1) is 25.6 Å². The minimum atomic E-state index is -0.191. The van der Waals surface area contributed by atoms with Crippen molar-refractivity contribution < 1.29 is 14.6 Å². The lowest BCUT2D eigenvalue weighted by Gasteiger charge is -2.14. The van der Waals surface area contributed by atoms with E-state index in [1.54, 1.807) is 6.33 Å². The molecule has 0 radical (unpaired) electrons. The van der Waals surface area contributed by atoms with Crippen molar-refractivity contribution in [3.63, 3.8) is 0 Å². The number of hydrogen-bond acceptors (Lipinski definition) is 7. The zero-order chi connectivity index (χ0) is 16.5.